The Hall–Kier alpha value is -2.91. The van der Waals surface area contributed by atoms with Crippen LogP contribution in [0.2, 0.25) is 0 Å². The lowest BCUT2D eigenvalue weighted by Gasteiger charge is -2.25. The number of aliphatic hydroxyl groups is 1. The first-order valence-electron chi connectivity index (χ1n) is 11.9. The van der Waals surface area contributed by atoms with E-state index in [1.54, 1.807) is 18.9 Å². The van der Waals surface area contributed by atoms with Gasteiger partial charge < -0.3 is 24.1 Å². The summed E-state index contributed by atoms with van der Waals surface area (Å²) in [7, 11) is 5.17. The first-order chi connectivity index (χ1) is 16.9. The standard InChI is InChI=1S/C27H37N3O5/c1-20(2)34-19-22(31)17-30(14-15-32-4)18-25-26(21-10-7-6-8-11-21)28-29(3)27(25)35-24-13-9-12-23(16-24)33-5/h6-13,16,20,22,31H,14-15,17-19H2,1-5H3/t22-/m1/s1. The van der Waals surface area contributed by atoms with Crippen LogP contribution < -0.4 is 9.47 Å². The summed E-state index contributed by atoms with van der Waals surface area (Å²) in [6, 6.07) is 17.5. The van der Waals surface area contributed by atoms with Crippen LogP contribution in [0.5, 0.6) is 17.4 Å². The first kappa shape index (κ1) is 26.7. The fourth-order valence-electron chi connectivity index (χ4n) is 3.76. The van der Waals surface area contributed by atoms with Crippen molar-refractivity contribution < 1.29 is 24.1 Å². The van der Waals surface area contributed by atoms with E-state index in [0.717, 1.165) is 16.8 Å². The van der Waals surface area contributed by atoms with Crippen LogP contribution in [0.1, 0.15) is 19.4 Å². The van der Waals surface area contributed by atoms with Gasteiger partial charge in [0, 0.05) is 45.4 Å². The van der Waals surface area contributed by atoms with E-state index in [2.05, 4.69) is 4.90 Å². The Kier molecular flexibility index (Phi) is 10.1. The lowest BCUT2D eigenvalue weighted by atomic mass is 10.1. The van der Waals surface area contributed by atoms with E-state index >= 15 is 0 Å². The Morgan fingerprint density at radius 3 is 2.46 bits per heavy atom. The van der Waals surface area contributed by atoms with Crippen LogP contribution in [0.25, 0.3) is 11.3 Å². The average molecular weight is 484 g/mol. The molecule has 1 atom stereocenters. The Morgan fingerprint density at radius 1 is 1.03 bits per heavy atom. The molecule has 0 unspecified atom stereocenters. The second-order valence-corrected chi connectivity index (χ2v) is 8.67. The third-order valence-corrected chi connectivity index (χ3v) is 5.48. The number of methoxy groups -OCH3 is 2. The van der Waals surface area contributed by atoms with Gasteiger partial charge in [-0.3, -0.25) is 4.90 Å². The molecule has 1 N–H and O–H groups in total. The summed E-state index contributed by atoms with van der Waals surface area (Å²) < 4.78 is 24.4. The van der Waals surface area contributed by atoms with Crippen molar-refractivity contribution in [3.8, 4) is 28.6 Å². The molecule has 0 aliphatic heterocycles. The highest BCUT2D eigenvalue weighted by atomic mass is 16.5. The topological polar surface area (TPSA) is 78.2 Å². The van der Waals surface area contributed by atoms with E-state index < -0.39 is 6.10 Å². The molecule has 0 bridgehead atoms. The van der Waals surface area contributed by atoms with E-state index in [9.17, 15) is 5.11 Å². The van der Waals surface area contributed by atoms with Crippen molar-refractivity contribution >= 4 is 0 Å². The number of hydrogen-bond donors (Lipinski definition) is 1. The van der Waals surface area contributed by atoms with Crippen LogP contribution in [0.15, 0.2) is 54.6 Å². The van der Waals surface area contributed by atoms with Crippen LogP contribution in [0, 0.1) is 0 Å². The molecule has 3 aromatic rings. The van der Waals surface area contributed by atoms with Gasteiger partial charge in [0.25, 0.3) is 0 Å². The zero-order chi connectivity index (χ0) is 25.2. The Labute approximate surface area is 208 Å². The quantitative estimate of drug-likeness (QED) is 0.370. The van der Waals surface area contributed by atoms with Gasteiger partial charge in [-0.05, 0) is 26.0 Å². The number of aromatic nitrogens is 2. The summed E-state index contributed by atoms with van der Waals surface area (Å²) in [6.07, 6.45) is -0.572. The van der Waals surface area contributed by atoms with Crippen molar-refractivity contribution in [3.05, 3.63) is 60.2 Å². The molecular weight excluding hydrogens is 446 g/mol. The highest BCUT2D eigenvalue weighted by Gasteiger charge is 2.23. The molecule has 0 aliphatic rings. The summed E-state index contributed by atoms with van der Waals surface area (Å²) in [4.78, 5) is 2.14. The summed E-state index contributed by atoms with van der Waals surface area (Å²) in [5.74, 6) is 2.00. The van der Waals surface area contributed by atoms with Gasteiger partial charge in [-0.2, -0.15) is 5.10 Å². The minimum Gasteiger partial charge on any atom is -0.497 e. The van der Waals surface area contributed by atoms with Crippen LogP contribution in [0.4, 0.5) is 0 Å². The van der Waals surface area contributed by atoms with Gasteiger partial charge in [0.1, 0.15) is 17.2 Å². The van der Waals surface area contributed by atoms with E-state index in [4.69, 9.17) is 24.0 Å². The van der Waals surface area contributed by atoms with Crippen LogP contribution in [0.3, 0.4) is 0 Å². The molecule has 3 rings (SSSR count). The number of nitrogens with zero attached hydrogens (tertiary/aromatic N) is 3. The number of aliphatic hydroxyl groups excluding tert-OH is 1. The summed E-state index contributed by atoms with van der Waals surface area (Å²) >= 11 is 0. The van der Waals surface area contributed by atoms with Crippen molar-refractivity contribution in [3.63, 3.8) is 0 Å². The fourth-order valence-corrected chi connectivity index (χ4v) is 3.76. The zero-order valence-electron chi connectivity index (χ0n) is 21.3. The average Bonchev–Trinajstić information content (AvgIpc) is 3.16. The largest absolute Gasteiger partial charge is 0.497 e. The molecular formula is C27H37N3O5. The van der Waals surface area contributed by atoms with Gasteiger partial charge in [0.2, 0.25) is 5.88 Å². The van der Waals surface area contributed by atoms with Crippen LogP contribution >= 0.6 is 0 Å². The van der Waals surface area contributed by atoms with Crippen molar-refractivity contribution in [2.75, 3.05) is 40.5 Å². The molecule has 0 saturated carbocycles. The smallest absolute Gasteiger partial charge is 0.222 e. The molecule has 0 fully saturated rings. The maximum Gasteiger partial charge on any atom is 0.222 e. The number of ether oxygens (including phenoxy) is 4. The zero-order valence-corrected chi connectivity index (χ0v) is 21.3. The number of rotatable bonds is 14. The van der Waals surface area contributed by atoms with E-state index in [0.29, 0.717) is 43.6 Å². The SMILES string of the molecule is COCCN(Cc1c(-c2ccccc2)nn(C)c1Oc1cccc(OC)c1)C[C@@H](O)COC(C)C. The van der Waals surface area contributed by atoms with E-state index in [1.807, 2.05) is 75.5 Å². The van der Waals surface area contributed by atoms with Gasteiger partial charge in [-0.15, -0.1) is 0 Å². The molecule has 190 valence electrons. The normalized spacial score (nSPS) is 12.3. The Bertz CT molecular complexity index is 1040. The lowest BCUT2D eigenvalue weighted by molar-refractivity contribution is -0.0121. The third-order valence-electron chi connectivity index (χ3n) is 5.48. The highest BCUT2D eigenvalue weighted by Crippen LogP contribution is 2.35. The third kappa shape index (κ3) is 7.80. The monoisotopic (exact) mass is 483 g/mol. The van der Waals surface area contributed by atoms with Gasteiger partial charge in [-0.1, -0.05) is 36.4 Å². The molecule has 0 spiro atoms. The van der Waals surface area contributed by atoms with E-state index in [1.165, 1.54) is 0 Å². The van der Waals surface area contributed by atoms with E-state index in [-0.39, 0.29) is 12.7 Å². The minimum atomic E-state index is -0.631. The molecule has 1 aromatic heterocycles. The second-order valence-electron chi connectivity index (χ2n) is 8.67. The molecule has 0 aliphatic carbocycles. The minimum absolute atomic E-state index is 0.0583. The summed E-state index contributed by atoms with van der Waals surface area (Å²) in [6.45, 7) is 6.30. The van der Waals surface area contributed by atoms with Crippen LogP contribution in [-0.4, -0.2) is 72.5 Å². The molecule has 0 amide bonds. The molecule has 35 heavy (non-hydrogen) atoms. The second kappa shape index (κ2) is 13.3. The van der Waals surface area contributed by atoms with Crippen LogP contribution in [-0.2, 0) is 23.1 Å². The molecule has 0 radical (unpaired) electrons. The maximum absolute atomic E-state index is 10.6. The molecule has 1 heterocycles. The van der Waals surface area contributed by atoms with Gasteiger partial charge in [-0.25, -0.2) is 4.68 Å². The molecule has 8 heteroatoms. The fraction of sp³-hybridized carbons (Fsp3) is 0.444. The summed E-state index contributed by atoms with van der Waals surface area (Å²) in [5, 5.41) is 15.4. The summed E-state index contributed by atoms with van der Waals surface area (Å²) in [5.41, 5.74) is 2.75. The van der Waals surface area contributed by atoms with Crippen molar-refractivity contribution in [1.29, 1.82) is 0 Å². The Balaban J connectivity index is 1.95. The van der Waals surface area contributed by atoms with Crippen molar-refractivity contribution in [2.45, 2.75) is 32.6 Å². The van der Waals surface area contributed by atoms with Crippen molar-refractivity contribution in [2.24, 2.45) is 7.05 Å². The molecule has 0 saturated heterocycles. The van der Waals surface area contributed by atoms with Crippen molar-refractivity contribution in [1.82, 2.24) is 14.7 Å². The molecule has 2 aromatic carbocycles. The number of benzene rings is 2. The maximum atomic E-state index is 10.6. The Morgan fingerprint density at radius 2 is 1.77 bits per heavy atom. The highest BCUT2D eigenvalue weighted by molar-refractivity contribution is 5.65. The predicted molar refractivity (Wildman–Crippen MR) is 136 cm³/mol. The predicted octanol–water partition coefficient (Wildman–Crippen LogP) is 4.12. The number of hydrogen-bond acceptors (Lipinski definition) is 7. The van der Waals surface area contributed by atoms with Gasteiger partial charge in [0.15, 0.2) is 0 Å². The number of aryl methyl sites for hydroxylation is 1. The first-order valence-corrected chi connectivity index (χ1v) is 11.9. The van der Waals surface area contributed by atoms with Gasteiger partial charge >= 0.3 is 0 Å². The van der Waals surface area contributed by atoms with Gasteiger partial charge in [0.05, 0.1) is 38.1 Å². The lowest BCUT2D eigenvalue weighted by Crippen LogP contribution is -2.37. The molecule has 8 nitrogen and oxygen atoms in total.